The van der Waals surface area contributed by atoms with Crippen molar-refractivity contribution in [3.05, 3.63) is 70.1 Å². The second-order valence-electron chi connectivity index (χ2n) is 6.12. The molecule has 0 unspecified atom stereocenters. The number of carbonyl (C=O) groups is 2. The molecule has 1 aromatic heterocycles. The van der Waals surface area contributed by atoms with Crippen LogP contribution in [-0.2, 0) is 16.1 Å². The standard InChI is InChI=1S/C20H19N3O5/c1-23(11-13-7-9-14(27-2)10-8-13)17(24)12-28-20(26)18-15-5-3-4-6-16(15)19(25)22-21-18/h3-10H,11-12H2,1-2H3,(H,22,25). The van der Waals surface area contributed by atoms with Crippen LogP contribution in [-0.4, -0.2) is 47.7 Å². The Hall–Kier alpha value is -3.68. The van der Waals surface area contributed by atoms with Crippen molar-refractivity contribution < 1.29 is 19.1 Å². The number of rotatable bonds is 6. The van der Waals surface area contributed by atoms with Crippen molar-refractivity contribution in [2.75, 3.05) is 20.8 Å². The number of methoxy groups -OCH3 is 1. The Balaban J connectivity index is 1.63. The first-order valence-corrected chi connectivity index (χ1v) is 8.51. The molecule has 8 heteroatoms. The number of likely N-dealkylation sites (N-methyl/N-ethyl adjacent to an activating group) is 1. The molecule has 3 aromatic rings. The van der Waals surface area contributed by atoms with Gasteiger partial charge in [0.15, 0.2) is 12.3 Å². The first-order chi connectivity index (χ1) is 13.5. The number of benzene rings is 2. The lowest BCUT2D eigenvalue weighted by Gasteiger charge is -2.17. The van der Waals surface area contributed by atoms with Crippen molar-refractivity contribution in [2.24, 2.45) is 0 Å². The number of nitrogens with zero attached hydrogens (tertiary/aromatic N) is 2. The number of hydrogen-bond donors (Lipinski definition) is 1. The second kappa shape index (κ2) is 8.34. The molecule has 3 rings (SSSR count). The molecule has 0 fully saturated rings. The molecule has 0 saturated carbocycles. The van der Waals surface area contributed by atoms with Crippen molar-refractivity contribution in [3.8, 4) is 5.75 Å². The van der Waals surface area contributed by atoms with Gasteiger partial charge in [-0.15, -0.1) is 0 Å². The number of amides is 1. The van der Waals surface area contributed by atoms with Crippen molar-refractivity contribution in [1.29, 1.82) is 0 Å². The van der Waals surface area contributed by atoms with E-state index in [9.17, 15) is 14.4 Å². The number of carbonyl (C=O) groups excluding carboxylic acids is 2. The van der Waals surface area contributed by atoms with Crippen LogP contribution in [0.3, 0.4) is 0 Å². The third kappa shape index (κ3) is 4.17. The van der Waals surface area contributed by atoms with Gasteiger partial charge in [0.25, 0.3) is 11.5 Å². The summed E-state index contributed by atoms with van der Waals surface area (Å²) in [5.74, 6) is -0.413. The molecule has 144 valence electrons. The summed E-state index contributed by atoms with van der Waals surface area (Å²) in [6.07, 6.45) is 0. The fraction of sp³-hybridized carbons (Fsp3) is 0.200. The lowest BCUT2D eigenvalue weighted by molar-refractivity contribution is -0.133. The number of nitrogens with one attached hydrogen (secondary N) is 1. The lowest BCUT2D eigenvalue weighted by atomic mass is 10.1. The van der Waals surface area contributed by atoms with Crippen LogP contribution in [0.1, 0.15) is 16.1 Å². The van der Waals surface area contributed by atoms with E-state index in [0.717, 1.165) is 11.3 Å². The fourth-order valence-corrected chi connectivity index (χ4v) is 2.67. The first-order valence-electron chi connectivity index (χ1n) is 8.51. The molecule has 0 aliphatic carbocycles. The maximum absolute atomic E-state index is 12.3. The van der Waals surface area contributed by atoms with Crippen LogP contribution >= 0.6 is 0 Å². The van der Waals surface area contributed by atoms with Gasteiger partial charge in [0.05, 0.1) is 12.5 Å². The minimum atomic E-state index is -0.779. The highest BCUT2D eigenvalue weighted by molar-refractivity contribution is 6.02. The van der Waals surface area contributed by atoms with Gasteiger partial charge in [0.2, 0.25) is 0 Å². The molecule has 28 heavy (non-hydrogen) atoms. The molecule has 1 N–H and O–H groups in total. The Bertz CT molecular complexity index is 1060. The highest BCUT2D eigenvalue weighted by Gasteiger charge is 2.18. The summed E-state index contributed by atoms with van der Waals surface area (Å²) in [5, 5.41) is 6.73. The van der Waals surface area contributed by atoms with Crippen LogP contribution in [0.2, 0.25) is 0 Å². The minimum Gasteiger partial charge on any atom is -0.497 e. The van der Waals surface area contributed by atoms with Crippen LogP contribution < -0.4 is 10.3 Å². The third-order valence-electron chi connectivity index (χ3n) is 4.22. The highest BCUT2D eigenvalue weighted by Crippen LogP contribution is 2.14. The Morgan fingerprint density at radius 1 is 1.07 bits per heavy atom. The Kier molecular flexibility index (Phi) is 5.69. The van der Waals surface area contributed by atoms with Crippen LogP contribution in [0.5, 0.6) is 5.75 Å². The minimum absolute atomic E-state index is 0.0409. The third-order valence-corrected chi connectivity index (χ3v) is 4.22. The Morgan fingerprint density at radius 2 is 1.75 bits per heavy atom. The van der Waals surface area contributed by atoms with Crippen LogP contribution in [0.4, 0.5) is 0 Å². The number of H-pyrrole nitrogens is 1. The number of hydrogen-bond acceptors (Lipinski definition) is 6. The molecular weight excluding hydrogens is 362 g/mol. The molecule has 2 aromatic carbocycles. The number of ether oxygens (including phenoxy) is 2. The molecule has 8 nitrogen and oxygen atoms in total. The summed E-state index contributed by atoms with van der Waals surface area (Å²) in [6.45, 7) is -0.0686. The SMILES string of the molecule is COc1ccc(CN(C)C(=O)COC(=O)c2n[nH]c(=O)c3ccccc23)cc1. The van der Waals surface area contributed by atoms with Gasteiger partial charge >= 0.3 is 5.97 Å². The molecule has 1 amide bonds. The molecule has 0 atom stereocenters. The summed E-state index contributed by atoms with van der Waals surface area (Å²) < 4.78 is 10.2. The van der Waals surface area contributed by atoms with E-state index in [2.05, 4.69) is 10.2 Å². The quantitative estimate of drug-likeness (QED) is 0.653. The van der Waals surface area contributed by atoms with Crippen molar-refractivity contribution >= 4 is 22.6 Å². The lowest BCUT2D eigenvalue weighted by Crippen LogP contribution is -2.31. The van der Waals surface area contributed by atoms with Gasteiger partial charge in [-0.3, -0.25) is 9.59 Å². The number of esters is 1. The molecule has 0 spiro atoms. The monoisotopic (exact) mass is 381 g/mol. The van der Waals surface area contributed by atoms with Gasteiger partial charge in [0, 0.05) is 19.0 Å². The van der Waals surface area contributed by atoms with Gasteiger partial charge < -0.3 is 14.4 Å². The van der Waals surface area contributed by atoms with Crippen LogP contribution in [0.15, 0.2) is 53.3 Å². The predicted octanol–water partition coefficient (Wildman–Crippen LogP) is 1.75. The number of fused-ring (bicyclic) bond motifs is 1. The molecular formula is C20H19N3O5. The van der Waals surface area contributed by atoms with E-state index >= 15 is 0 Å². The number of aromatic amines is 1. The smallest absolute Gasteiger partial charge is 0.359 e. The van der Waals surface area contributed by atoms with E-state index in [4.69, 9.17) is 9.47 Å². The summed E-state index contributed by atoms with van der Waals surface area (Å²) in [4.78, 5) is 37.8. The maximum atomic E-state index is 12.3. The van der Waals surface area contributed by atoms with Gasteiger partial charge in [0.1, 0.15) is 5.75 Å². The predicted molar refractivity (Wildman–Crippen MR) is 102 cm³/mol. The summed E-state index contributed by atoms with van der Waals surface area (Å²) >= 11 is 0. The zero-order chi connectivity index (χ0) is 20.1. The summed E-state index contributed by atoms with van der Waals surface area (Å²) in [5.41, 5.74) is 0.472. The number of aromatic nitrogens is 2. The van der Waals surface area contributed by atoms with E-state index in [1.807, 2.05) is 12.1 Å². The largest absolute Gasteiger partial charge is 0.497 e. The van der Waals surface area contributed by atoms with E-state index < -0.39 is 18.1 Å². The Labute approximate surface area is 160 Å². The summed E-state index contributed by atoms with van der Waals surface area (Å²) in [6, 6.07) is 13.9. The first kappa shape index (κ1) is 19.1. The van der Waals surface area contributed by atoms with Gasteiger partial charge in [-0.25, -0.2) is 9.89 Å². The van der Waals surface area contributed by atoms with Gasteiger partial charge in [-0.2, -0.15) is 5.10 Å². The second-order valence-corrected chi connectivity index (χ2v) is 6.12. The van der Waals surface area contributed by atoms with Crippen molar-refractivity contribution in [2.45, 2.75) is 6.54 Å². The average molecular weight is 381 g/mol. The Morgan fingerprint density at radius 3 is 2.43 bits per heavy atom. The van der Waals surface area contributed by atoms with Gasteiger partial charge in [-0.05, 0) is 23.8 Å². The fourth-order valence-electron chi connectivity index (χ4n) is 2.67. The summed E-state index contributed by atoms with van der Waals surface area (Å²) in [7, 11) is 3.20. The highest BCUT2D eigenvalue weighted by atomic mass is 16.5. The molecule has 0 radical (unpaired) electrons. The van der Waals surface area contributed by atoms with Crippen molar-refractivity contribution in [3.63, 3.8) is 0 Å². The zero-order valence-corrected chi connectivity index (χ0v) is 15.5. The molecule has 0 aliphatic rings. The molecule has 0 bridgehead atoms. The zero-order valence-electron chi connectivity index (χ0n) is 15.5. The normalized spacial score (nSPS) is 10.5. The van der Waals surface area contributed by atoms with Crippen LogP contribution in [0.25, 0.3) is 10.8 Å². The maximum Gasteiger partial charge on any atom is 0.359 e. The van der Waals surface area contributed by atoms with Crippen LogP contribution in [0, 0.1) is 0 Å². The van der Waals surface area contributed by atoms with E-state index in [-0.39, 0.29) is 11.6 Å². The topological polar surface area (TPSA) is 102 Å². The van der Waals surface area contributed by atoms with E-state index in [0.29, 0.717) is 17.3 Å². The molecule has 1 heterocycles. The van der Waals surface area contributed by atoms with Crippen molar-refractivity contribution in [1.82, 2.24) is 15.1 Å². The molecule has 0 aliphatic heterocycles. The van der Waals surface area contributed by atoms with Gasteiger partial charge in [-0.1, -0.05) is 30.3 Å². The molecule has 0 saturated heterocycles. The average Bonchev–Trinajstić information content (AvgIpc) is 2.72. The van der Waals surface area contributed by atoms with E-state index in [1.165, 1.54) is 4.90 Å². The van der Waals surface area contributed by atoms with E-state index in [1.54, 1.807) is 50.6 Å².